The van der Waals surface area contributed by atoms with Crippen LogP contribution >= 0.6 is 11.3 Å². The highest BCUT2D eigenvalue weighted by Gasteiger charge is 2.33. The van der Waals surface area contributed by atoms with Gasteiger partial charge in [-0.05, 0) is 6.92 Å². The van der Waals surface area contributed by atoms with Crippen LogP contribution in [0, 0.1) is 5.92 Å². The summed E-state index contributed by atoms with van der Waals surface area (Å²) >= 11 is 0.902. The number of methoxy groups -OCH3 is 1. The molecule has 0 fully saturated rings. The van der Waals surface area contributed by atoms with Gasteiger partial charge in [0.2, 0.25) is 0 Å². The lowest BCUT2D eigenvalue weighted by molar-refractivity contribution is -0.144. The van der Waals surface area contributed by atoms with Crippen LogP contribution in [0.5, 0.6) is 0 Å². The minimum Gasteiger partial charge on any atom is -0.469 e. The van der Waals surface area contributed by atoms with Crippen molar-refractivity contribution in [1.82, 2.24) is 15.6 Å². The molecule has 6 nitrogen and oxygen atoms in total. The lowest BCUT2D eigenvalue weighted by Gasteiger charge is -2.14. The van der Waals surface area contributed by atoms with Crippen molar-refractivity contribution in [1.29, 1.82) is 0 Å². The number of esters is 1. The molecule has 0 saturated carbocycles. The van der Waals surface area contributed by atoms with Crippen molar-refractivity contribution in [2.75, 3.05) is 20.2 Å². The topological polar surface area (TPSA) is 75.6 Å². The molecule has 0 aliphatic rings. The number of aliphatic imine (C=N–C) groups is 1. The van der Waals surface area contributed by atoms with E-state index in [1.54, 1.807) is 6.92 Å². The summed E-state index contributed by atoms with van der Waals surface area (Å²) in [6.45, 7) is 4.43. The van der Waals surface area contributed by atoms with Crippen molar-refractivity contribution >= 4 is 23.3 Å². The van der Waals surface area contributed by atoms with E-state index in [2.05, 4.69) is 25.3 Å². The minimum absolute atomic E-state index is 0.0166. The lowest BCUT2D eigenvalue weighted by atomic mass is 10.2. The summed E-state index contributed by atoms with van der Waals surface area (Å²) in [6.07, 6.45) is -4.45. The Labute approximate surface area is 136 Å². The maximum atomic E-state index is 12.5. The molecule has 1 aromatic heterocycles. The number of guanidine groups is 1. The number of carbonyl (C=O) groups excluding carboxylic acids is 1. The second-order valence-electron chi connectivity index (χ2n) is 4.62. The minimum atomic E-state index is -4.45. The highest BCUT2D eigenvalue weighted by molar-refractivity contribution is 7.09. The van der Waals surface area contributed by atoms with Gasteiger partial charge in [0.1, 0.15) is 5.01 Å². The van der Waals surface area contributed by atoms with Gasteiger partial charge >= 0.3 is 12.1 Å². The number of hydrogen-bond acceptors (Lipinski definition) is 5. The van der Waals surface area contributed by atoms with Gasteiger partial charge in [-0.25, -0.2) is 9.98 Å². The van der Waals surface area contributed by atoms with E-state index in [-0.39, 0.29) is 23.4 Å². The Bertz CT molecular complexity index is 546. The molecule has 0 amide bonds. The third-order valence-corrected chi connectivity index (χ3v) is 3.57. The van der Waals surface area contributed by atoms with Crippen LogP contribution in [-0.2, 0) is 22.3 Å². The van der Waals surface area contributed by atoms with E-state index in [0.29, 0.717) is 19.0 Å². The number of ether oxygens (including phenoxy) is 1. The molecule has 0 aliphatic heterocycles. The third-order valence-electron chi connectivity index (χ3n) is 2.74. The molecule has 1 unspecified atom stereocenters. The quantitative estimate of drug-likeness (QED) is 0.465. The monoisotopic (exact) mass is 352 g/mol. The molecule has 1 aromatic rings. The van der Waals surface area contributed by atoms with Crippen LogP contribution in [0.4, 0.5) is 13.2 Å². The number of thiazole rings is 1. The second-order valence-corrected chi connectivity index (χ2v) is 5.57. The van der Waals surface area contributed by atoms with E-state index in [1.807, 2.05) is 6.92 Å². The van der Waals surface area contributed by atoms with E-state index < -0.39 is 11.9 Å². The first-order chi connectivity index (χ1) is 10.8. The zero-order chi connectivity index (χ0) is 17.5. The fraction of sp³-hybridized carbons (Fsp3) is 0.615. The predicted octanol–water partition coefficient (Wildman–Crippen LogP) is 2.03. The fourth-order valence-electron chi connectivity index (χ4n) is 1.54. The van der Waals surface area contributed by atoms with Crippen LogP contribution in [0.15, 0.2) is 10.4 Å². The molecule has 10 heteroatoms. The molecule has 2 N–H and O–H groups in total. The molecule has 130 valence electrons. The third kappa shape index (κ3) is 6.43. The molecule has 23 heavy (non-hydrogen) atoms. The molecule has 1 heterocycles. The molecule has 0 spiro atoms. The maximum Gasteiger partial charge on any atom is 0.434 e. The number of aromatic nitrogens is 1. The van der Waals surface area contributed by atoms with Gasteiger partial charge in [0.05, 0.1) is 19.6 Å². The van der Waals surface area contributed by atoms with E-state index in [1.165, 1.54) is 7.11 Å². The Kier molecular flexibility index (Phi) is 7.27. The molecule has 0 radical (unpaired) electrons. The Morgan fingerprint density at radius 3 is 2.70 bits per heavy atom. The largest absolute Gasteiger partial charge is 0.469 e. The van der Waals surface area contributed by atoms with Gasteiger partial charge in [-0.3, -0.25) is 4.79 Å². The van der Waals surface area contributed by atoms with Crippen molar-refractivity contribution < 1.29 is 22.7 Å². The van der Waals surface area contributed by atoms with Crippen LogP contribution in [-0.4, -0.2) is 37.1 Å². The van der Waals surface area contributed by atoms with Crippen molar-refractivity contribution in [2.24, 2.45) is 10.9 Å². The average Bonchev–Trinajstić information content (AvgIpc) is 2.98. The number of halogens is 3. The number of nitrogens with zero attached hydrogens (tertiary/aromatic N) is 2. The number of alkyl halides is 3. The van der Waals surface area contributed by atoms with Gasteiger partial charge in [0.15, 0.2) is 11.7 Å². The Balaban J connectivity index is 2.64. The normalized spacial score (nSPS) is 13.6. The first-order valence-electron chi connectivity index (χ1n) is 6.89. The summed E-state index contributed by atoms with van der Waals surface area (Å²) in [4.78, 5) is 19.0. The average molecular weight is 352 g/mol. The fourth-order valence-corrected chi connectivity index (χ4v) is 2.26. The zero-order valence-electron chi connectivity index (χ0n) is 13.0. The van der Waals surface area contributed by atoms with Crippen LogP contribution in [0.2, 0.25) is 0 Å². The number of carbonyl (C=O) groups is 1. The Morgan fingerprint density at radius 1 is 1.48 bits per heavy atom. The smallest absolute Gasteiger partial charge is 0.434 e. The van der Waals surface area contributed by atoms with Crippen molar-refractivity contribution in [3.8, 4) is 0 Å². The van der Waals surface area contributed by atoms with Crippen molar-refractivity contribution in [2.45, 2.75) is 26.6 Å². The van der Waals surface area contributed by atoms with Gasteiger partial charge in [-0.15, -0.1) is 11.3 Å². The first kappa shape index (κ1) is 19.2. The van der Waals surface area contributed by atoms with Crippen LogP contribution in [0.1, 0.15) is 24.5 Å². The van der Waals surface area contributed by atoms with Crippen LogP contribution in [0.25, 0.3) is 0 Å². The SMILES string of the molecule is CCNC(=NCc1nc(C(F)(F)F)cs1)NCC(C)C(=O)OC. The molecule has 0 aromatic carbocycles. The molecule has 0 bridgehead atoms. The Morgan fingerprint density at radius 2 is 2.17 bits per heavy atom. The number of rotatable bonds is 6. The first-order valence-corrected chi connectivity index (χ1v) is 7.77. The van der Waals surface area contributed by atoms with Crippen LogP contribution < -0.4 is 10.6 Å². The highest BCUT2D eigenvalue weighted by Crippen LogP contribution is 2.30. The summed E-state index contributed by atoms with van der Waals surface area (Å²) in [6, 6.07) is 0. The van der Waals surface area contributed by atoms with Gasteiger partial charge in [0.25, 0.3) is 0 Å². The van der Waals surface area contributed by atoms with Gasteiger partial charge in [-0.2, -0.15) is 13.2 Å². The summed E-state index contributed by atoms with van der Waals surface area (Å²) < 4.78 is 42.1. The predicted molar refractivity (Wildman–Crippen MR) is 81.1 cm³/mol. The summed E-state index contributed by atoms with van der Waals surface area (Å²) in [5.74, 6) is -0.337. The van der Waals surface area contributed by atoms with Gasteiger partial charge < -0.3 is 15.4 Å². The number of hydrogen-bond donors (Lipinski definition) is 2. The maximum absolute atomic E-state index is 12.5. The molecule has 0 saturated heterocycles. The zero-order valence-corrected chi connectivity index (χ0v) is 13.8. The standard InChI is InChI=1S/C13H19F3N4O2S/c1-4-17-12(18-5-8(2)11(21)22-3)19-6-10-20-9(7-23-10)13(14,15)16/h7-8H,4-6H2,1-3H3,(H2,17,18,19). The van der Waals surface area contributed by atoms with E-state index in [0.717, 1.165) is 16.7 Å². The molecule has 1 rings (SSSR count). The second kappa shape index (κ2) is 8.70. The van der Waals surface area contributed by atoms with Gasteiger partial charge in [0, 0.05) is 18.5 Å². The van der Waals surface area contributed by atoms with E-state index in [9.17, 15) is 18.0 Å². The molecule has 0 aliphatic carbocycles. The summed E-state index contributed by atoms with van der Waals surface area (Å²) in [7, 11) is 1.30. The van der Waals surface area contributed by atoms with Gasteiger partial charge in [-0.1, -0.05) is 6.92 Å². The van der Waals surface area contributed by atoms with Crippen LogP contribution in [0.3, 0.4) is 0 Å². The molecular weight excluding hydrogens is 333 g/mol. The number of nitrogens with one attached hydrogen (secondary N) is 2. The van der Waals surface area contributed by atoms with E-state index >= 15 is 0 Å². The summed E-state index contributed by atoms with van der Waals surface area (Å²) in [5, 5.41) is 7.10. The molecular formula is C13H19F3N4O2S. The lowest BCUT2D eigenvalue weighted by Crippen LogP contribution is -2.40. The Hall–Kier alpha value is -1.84. The molecule has 1 atom stereocenters. The highest BCUT2D eigenvalue weighted by atomic mass is 32.1. The van der Waals surface area contributed by atoms with Crippen molar-refractivity contribution in [3.05, 3.63) is 16.1 Å². The van der Waals surface area contributed by atoms with E-state index in [4.69, 9.17) is 0 Å². The summed E-state index contributed by atoms with van der Waals surface area (Å²) in [5.41, 5.74) is -0.912. The van der Waals surface area contributed by atoms with Crippen molar-refractivity contribution in [3.63, 3.8) is 0 Å².